The maximum atomic E-state index is 3.72. The van der Waals surface area contributed by atoms with E-state index in [2.05, 4.69) is 150 Å². The lowest BCUT2D eigenvalue weighted by Gasteiger charge is -2.25. The van der Waals surface area contributed by atoms with Gasteiger partial charge >= 0.3 is 0 Å². The zero-order valence-corrected chi connectivity index (χ0v) is 23.2. The third-order valence-electron chi connectivity index (χ3n) is 7.68. The molecule has 0 unspecified atom stereocenters. The summed E-state index contributed by atoms with van der Waals surface area (Å²) in [6.07, 6.45) is 0. The zero-order valence-electron chi connectivity index (χ0n) is 23.2. The van der Waals surface area contributed by atoms with Gasteiger partial charge in [0, 0.05) is 11.1 Å². The van der Waals surface area contributed by atoms with Crippen LogP contribution in [0, 0.1) is 11.8 Å². The summed E-state index contributed by atoms with van der Waals surface area (Å²) in [7, 11) is 0. The topological polar surface area (TPSA) is 0 Å². The summed E-state index contributed by atoms with van der Waals surface area (Å²) < 4.78 is 0. The van der Waals surface area contributed by atoms with E-state index in [1.54, 1.807) is 0 Å². The van der Waals surface area contributed by atoms with E-state index in [1.165, 1.54) is 54.2 Å². The molecule has 0 N–H and O–H groups in total. The first-order valence-corrected chi connectivity index (χ1v) is 13.6. The Morgan fingerprint density at radius 2 is 0.553 bits per heavy atom. The van der Waals surface area contributed by atoms with Gasteiger partial charge in [-0.15, -0.1) is 0 Å². The fraction of sp³-hybridized carbons (Fsp3) is 0.211. The van der Waals surface area contributed by atoms with Gasteiger partial charge in [0.1, 0.15) is 0 Å². The average Bonchev–Trinajstić information content (AvgIpc) is 2.88. The molecule has 0 atom stereocenters. The van der Waals surface area contributed by atoms with Crippen LogP contribution < -0.4 is 0 Å². The van der Waals surface area contributed by atoms with Gasteiger partial charge in [0.2, 0.25) is 0 Å². The summed E-state index contributed by atoms with van der Waals surface area (Å²) in [6, 6.07) is 35.1. The predicted molar refractivity (Wildman–Crippen MR) is 166 cm³/mol. The highest BCUT2D eigenvalue weighted by atomic mass is 14.3. The Hall–Kier alpha value is -4.08. The van der Waals surface area contributed by atoms with Crippen LogP contribution in [0.3, 0.4) is 0 Å². The van der Waals surface area contributed by atoms with Crippen molar-refractivity contribution in [2.24, 2.45) is 0 Å². The van der Waals surface area contributed by atoms with Crippen molar-refractivity contribution in [2.75, 3.05) is 0 Å². The first kappa shape index (κ1) is 24.3. The van der Waals surface area contributed by atoms with Crippen LogP contribution in [0.15, 0.2) is 97.1 Å². The van der Waals surface area contributed by atoms with Gasteiger partial charge in [-0.05, 0) is 65.0 Å². The van der Waals surface area contributed by atoms with Crippen LogP contribution in [0.25, 0.3) is 43.1 Å². The first-order valence-electron chi connectivity index (χ1n) is 13.6. The molecular weight excluding hydrogens is 456 g/mol. The lowest BCUT2D eigenvalue weighted by Crippen LogP contribution is -2.13. The Kier molecular flexibility index (Phi) is 5.59. The normalized spacial score (nSPS) is 12.3. The summed E-state index contributed by atoms with van der Waals surface area (Å²) in [4.78, 5) is 0. The molecule has 6 rings (SSSR count). The number of fused-ring (bicyclic) bond motifs is 4. The van der Waals surface area contributed by atoms with E-state index in [-0.39, 0.29) is 10.8 Å². The van der Waals surface area contributed by atoms with Gasteiger partial charge in [0.15, 0.2) is 0 Å². The highest BCUT2D eigenvalue weighted by Crippen LogP contribution is 2.41. The lowest BCUT2D eigenvalue weighted by molar-refractivity contribution is 0.601. The van der Waals surface area contributed by atoms with Gasteiger partial charge < -0.3 is 0 Å². The minimum atomic E-state index is 0.0142. The summed E-state index contributed by atoms with van der Waals surface area (Å²) >= 11 is 0. The zero-order chi connectivity index (χ0) is 26.7. The fourth-order valence-electron chi connectivity index (χ4n) is 6.27. The smallest absolute Gasteiger partial charge is 0.0406 e. The molecule has 6 aromatic carbocycles. The van der Waals surface area contributed by atoms with Crippen LogP contribution in [-0.2, 0) is 10.8 Å². The van der Waals surface area contributed by atoms with Crippen molar-refractivity contribution in [3.05, 3.63) is 119 Å². The van der Waals surface area contributed by atoms with Gasteiger partial charge in [-0.1, -0.05) is 150 Å². The molecule has 0 aliphatic carbocycles. The van der Waals surface area contributed by atoms with Crippen molar-refractivity contribution < 1.29 is 0 Å². The Morgan fingerprint density at radius 3 is 0.763 bits per heavy atom. The lowest BCUT2D eigenvalue weighted by atomic mass is 9.78. The Bertz CT molecular complexity index is 1670. The van der Waals surface area contributed by atoms with Crippen molar-refractivity contribution in [3.8, 4) is 11.8 Å². The molecule has 0 amide bonds. The average molecular weight is 491 g/mol. The van der Waals surface area contributed by atoms with Crippen LogP contribution in [0.4, 0.5) is 0 Å². The van der Waals surface area contributed by atoms with E-state index >= 15 is 0 Å². The third kappa shape index (κ3) is 3.86. The second-order valence-corrected chi connectivity index (χ2v) is 12.4. The van der Waals surface area contributed by atoms with E-state index < -0.39 is 0 Å². The molecule has 0 aliphatic heterocycles. The second kappa shape index (κ2) is 8.75. The number of hydrogen-bond acceptors (Lipinski definition) is 0. The molecule has 0 bridgehead atoms. The van der Waals surface area contributed by atoms with Crippen molar-refractivity contribution >= 4 is 43.1 Å². The van der Waals surface area contributed by atoms with Crippen molar-refractivity contribution in [2.45, 2.75) is 52.4 Å². The fourth-order valence-corrected chi connectivity index (χ4v) is 6.27. The van der Waals surface area contributed by atoms with Crippen LogP contribution in [0.1, 0.15) is 63.8 Å². The molecule has 0 spiro atoms. The van der Waals surface area contributed by atoms with Gasteiger partial charge in [-0.2, -0.15) is 0 Å². The van der Waals surface area contributed by atoms with E-state index in [4.69, 9.17) is 0 Å². The van der Waals surface area contributed by atoms with Crippen molar-refractivity contribution in [3.63, 3.8) is 0 Å². The highest BCUT2D eigenvalue weighted by molar-refractivity contribution is 6.11. The van der Waals surface area contributed by atoms with Crippen molar-refractivity contribution in [1.82, 2.24) is 0 Å². The molecular formula is C38H34. The molecule has 38 heavy (non-hydrogen) atoms. The maximum absolute atomic E-state index is 3.72. The van der Waals surface area contributed by atoms with Crippen LogP contribution in [0.2, 0.25) is 0 Å². The molecule has 6 aromatic rings. The summed E-state index contributed by atoms with van der Waals surface area (Å²) in [5.74, 6) is 7.44. The highest BCUT2D eigenvalue weighted by Gasteiger charge is 2.24. The summed E-state index contributed by atoms with van der Waals surface area (Å²) in [6.45, 7) is 13.8. The van der Waals surface area contributed by atoms with Gasteiger partial charge in [0.25, 0.3) is 0 Å². The Morgan fingerprint density at radius 1 is 0.342 bits per heavy atom. The van der Waals surface area contributed by atoms with Crippen LogP contribution in [0.5, 0.6) is 0 Å². The maximum Gasteiger partial charge on any atom is 0.0406 e. The van der Waals surface area contributed by atoms with E-state index in [9.17, 15) is 0 Å². The predicted octanol–water partition coefficient (Wildman–Crippen LogP) is 10.3. The molecule has 0 fully saturated rings. The number of hydrogen-bond donors (Lipinski definition) is 0. The largest absolute Gasteiger partial charge is 0.0616 e. The van der Waals surface area contributed by atoms with E-state index in [0.29, 0.717) is 0 Å². The van der Waals surface area contributed by atoms with Crippen molar-refractivity contribution in [1.29, 1.82) is 0 Å². The molecule has 0 saturated heterocycles. The van der Waals surface area contributed by atoms with E-state index in [1.807, 2.05) is 0 Å². The molecule has 0 radical (unpaired) electrons. The third-order valence-corrected chi connectivity index (χ3v) is 7.68. The summed E-state index contributed by atoms with van der Waals surface area (Å²) in [5, 5.41) is 10.1. The van der Waals surface area contributed by atoms with Crippen LogP contribution in [-0.4, -0.2) is 0 Å². The quantitative estimate of drug-likeness (QED) is 0.147. The monoisotopic (exact) mass is 490 g/mol. The molecule has 0 nitrogen and oxygen atoms in total. The number of rotatable bonds is 0. The Balaban J connectivity index is 1.75. The second-order valence-electron chi connectivity index (χ2n) is 12.4. The molecule has 0 saturated carbocycles. The first-order chi connectivity index (χ1) is 18.2. The SMILES string of the molecule is CC(C)(C)c1c2ccccc2c(C#Cc2c3ccccc3c(C(C)(C)C)c3ccccc23)c2ccccc12. The standard InChI is InChI=1S/C38H34/c1-37(2,3)35-31-19-11-7-15-25(31)29(26-16-8-12-20-32(26)35)23-24-30-27-17-9-13-21-33(27)36(38(4,5)6)34-22-14-10-18-28(30)34/h7-22H,1-6H3. The summed E-state index contributed by atoms with van der Waals surface area (Å²) in [5.41, 5.74) is 5.02. The molecule has 0 aromatic heterocycles. The minimum Gasteiger partial charge on any atom is -0.0616 e. The van der Waals surface area contributed by atoms with Crippen LogP contribution >= 0.6 is 0 Å². The minimum absolute atomic E-state index is 0.0142. The van der Waals surface area contributed by atoms with E-state index in [0.717, 1.165) is 11.1 Å². The van der Waals surface area contributed by atoms with Gasteiger partial charge in [-0.25, -0.2) is 0 Å². The molecule has 0 heterocycles. The van der Waals surface area contributed by atoms with Gasteiger partial charge in [0.05, 0.1) is 0 Å². The van der Waals surface area contributed by atoms with Gasteiger partial charge in [-0.3, -0.25) is 0 Å². The molecule has 0 heteroatoms. The molecule has 0 aliphatic rings. The number of benzene rings is 6. The molecule has 186 valence electrons. The Labute approximate surface area is 226 Å².